The first-order valence-electron chi connectivity index (χ1n) is 11.9. The molecular weight excluding hydrogens is 475 g/mol. The quantitative estimate of drug-likeness (QED) is 0.148. The lowest BCUT2D eigenvalue weighted by Crippen LogP contribution is -2.41. The van der Waals surface area contributed by atoms with Crippen LogP contribution in [0.4, 0.5) is 0 Å². The molecule has 2 rings (SSSR count). The Kier molecular flexibility index (Phi) is 11.6. The van der Waals surface area contributed by atoms with Crippen molar-refractivity contribution in [1.82, 2.24) is 0 Å². The van der Waals surface area contributed by atoms with Gasteiger partial charge >= 0.3 is 5.97 Å². The average Bonchev–Trinajstić information content (AvgIpc) is 3.13. The van der Waals surface area contributed by atoms with Gasteiger partial charge in [0.2, 0.25) is 0 Å². The van der Waals surface area contributed by atoms with Gasteiger partial charge in [0.15, 0.2) is 12.6 Å². The lowest BCUT2D eigenvalue weighted by Gasteiger charge is -2.29. The Morgan fingerprint density at radius 2 is 1.97 bits per heavy atom. The van der Waals surface area contributed by atoms with Crippen LogP contribution in [0, 0.1) is 0 Å². The number of thiol groups is 1. The summed E-state index contributed by atoms with van der Waals surface area (Å²) in [5.74, 6) is -0.498. The first kappa shape index (κ1) is 29.7. The van der Waals surface area contributed by atoms with Crippen molar-refractivity contribution >= 4 is 26.4 Å². The Labute approximate surface area is 214 Å². The van der Waals surface area contributed by atoms with Crippen molar-refractivity contribution < 1.29 is 43.4 Å². The van der Waals surface area contributed by atoms with Crippen molar-refractivity contribution in [3.63, 3.8) is 0 Å². The van der Waals surface area contributed by atoms with Crippen LogP contribution in [0.3, 0.4) is 0 Å². The summed E-state index contributed by atoms with van der Waals surface area (Å²) >= 11 is 4.11. The predicted octanol–water partition coefficient (Wildman–Crippen LogP) is 1.77. The fraction of sp³-hybridized carbons (Fsp3) is 0.708. The highest BCUT2D eigenvalue weighted by atomic mass is 32.1. The number of carbonyl (C=O) groups is 1. The molecule has 11 heteroatoms. The summed E-state index contributed by atoms with van der Waals surface area (Å²) < 4.78 is 33.5. The van der Waals surface area contributed by atoms with E-state index in [4.69, 9.17) is 28.4 Å². The number of benzene rings is 1. The number of hydrogen-bond acceptors (Lipinski definition) is 10. The van der Waals surface area contributed by atoms with Crippen LogP contribution in [0.25, 0.3) is 0 Å². The lowest BCUT2D eigenvalue weighted by atomic mass is 9.75. The maximum atomic E-state index is 12.9. The second kappa shape index (κ2) is 13.7. The summed E-state index contributed by atoms with van der Waals surface area (Å²) in [5.41, 5.74) is 1.01. The summed E-state index contributed by atoms with van der Waals surface area (Å²) in [4.78, 5) is 12.9. The van der Waals surface area contributed by atoms with Gasteiger partial charge in [-0.05, 0) is 57.5 Å². The fourth-order valence-electron chi connectivity index (χ4n) is 4.09. The first-order chi connectivity index (χ1) is 16.5. The molecule has 9 nitrogen and oxygen atoms in total. The van der Waals surface area contributed by atoms with E-state index in [1.807, 2.05) is 0 Å². The van der Waals surface area contributed by atoms with E-state index in [-0.39, 0.29) is 25.3 Å². The second-order valence-electron chi connectivity index (χ2n) is 9.19. The standard InChI is InChI=1S/C24H39BO9S/c1-14(26)20(25)21(27)22-17(33-24(2,3)34-22)8-6-7-15-11-16(30-5)12-18(32-13-29-4)19(15)23(28)31-9-10-35/h11-12,14,17,20-22,26-27,35H,6-10,13,25H2,1-5H3/t14-,17-,20?,21?,22-/m0/s1. The van der Waals surface area contributed by atoms with Gasteiger partial charge in [-0.15, -0.1) is 0 Å². The zero-order chi connectivity index (χ0) is 26.2. The van der Waals surface area contributed by atoms with Crippen molar-refractivity contribution in [1.29, 1.82) is 0 Å². The minimum absolute atomic E-state index is 0.0389. The summed E-state index contributed by atoms with van der Waals surface area (Å²) in [6, 6.07) is 3.41. The average molecular weight is 514 g/mol. The molecule has 0 radical (unpaired) electrons. The second-order valence-corrected chi connectivity index (χ2v) is 9.64. The minimum Gasteiger partial charge on any atom is -0.497 e. The van der Waals surface area contributed by atoms with Crippen LogP contribution in [-0.4, -0.2) is 87.6 Å². The maximum absolute atomic E-state index is 12.9. The Hall–Kier alpha value is -1.50. The van der Waals surface area contributed by atoms with Crippen LogP contribution in [0.2, 0.25) is 5.82 Å². The summed E-state index contributed by atoms with van der Waals surface area (Å²) in [5, 5.41) is 20.8. The summed E-state index contributed by atoms with van der Waals surface area (Å²) in [6.07, 6.45) is -0.851. The molecule has 1 aliphatic rings. The van der Waals surface area contributed by atoms with Crippen molar-refractivity contribution in [2.75, 3.05) is 33.4 Å². The van der Waals surface area contributed by atoms with Gasteiger partial charge in [-0.1, -0.05) is 0 Å². The molecule has 1 fully saturated rings. The highest BCUT2D eigenvalue weighted by Gasteiger charge is 2.46. The molecule has 5 atom stereocenters. The third-order valence-corrected chi connectivity index (χ3v) is 6.23. The van der Waals surface area contributed by atoms with E-state index in [0.29, 0.717) is 47.6 Å². The molecule has 0 saturated carbocycles. The molecule has 2 N–H and O–H groups in total. The third-order valence-electron chi connectivity index (χ3n) is 6.05. The monoisotopic (exact) mass is 514 g/mol. The van der Waals surface area contributed by atoms with Crippen LogP contribution in [0.1, 0.15) is 49.5 Å². The molecule has 0 amide bonds. The molecule has 2 unspecified atom stereocenters. The highest BCUT2D eigenvalue weighted by Crippen LogP contribution is 2.36. The molecule has 0 spiro atoms. The number of esters is 1. The lowest BCUT2D eigenvalue weighted by molar-refractivity contribution is -0.156. The van der Waals surface area contributed by atoms with Gasteiger partial charge in [0, 0.05) is 25.0 Å². The van der Waals surface area contributed by atoms with Gasteiger partial charge < -0.3 is 38.6 Å². The Balaban J connectivity index is 2.23. The molecule has 1 aromatic rings. The molecular formula is C24H39BO9S. The molecule has 1 heterocycles. The van der Waals surface area contributed by atoms with E-state index in [1.54, 1.807) is 47.9 Å². The van der Waals surface area contributed by atoms with E-state index in [9.17, 15) is 15.0 Å². The van der Waals surface area contributed by atoms with E-state index in [0.717, 1.165) is 0 Å². The molecule has 0 bridgehead atoms. The van der Waals surface area contributed by atoms with Gasteiger partial charge in [0.25, 0.3) is 0 Å². The van der Waals surface area contributed by atoms with E-state index in [1.165, 1.54) is 7.11 Å². The van der Waals surface area contributed by atoms with Crippen LogP contribution >= 0.6 is 12.6 Å². The van der Waals surface area contributed by atoms with E-state index < -0.39 is 30.1 Å². The summed E-state index contributed by atoms with van der Waals surface area (Å²) in [6.45, 7) is 5.38. The highest BCUT2D eigenvalue weighted by molar-refractivity contribution is 7.80. The Morgan fingerprint density at radius 1 is 1.26 bits per heavy atom. The molecule has 1 aromatic carbocycles. The van der Waals surface area contributed by atoms with E-state index in [2.05, 4.69) is 12.6 Å². The zero-order valence-electron chi connectivity index (χ0n) is 21.5. The van der Waals surface area contributed by atoms with Gasteiger partial charge in [-0.25, -0.2) is 4.79 Å². The molecule has 0 aliphatic carbocycles. The predicted molar refractivity (Wildman–Crippen MR) is 136 cm³/mol. The number of aryl methyl sites for hydroxylation is 1. The Morgan fingerprint density at radius 3 is 2.57 bits per heavy atom. The fourth-order valence-corrected chi connectivity index (χ4v) is 4.18. The smallest absolute Gasteiger partial charge is 0.342 e. The SMILES string of the molecule is BC(C(O)[C@H]1OC(C)(C)O[C@H]1CCCc1cc(OC)cc(OCOC)c1C(=O)OCCS)[C@H](C)O. The van der Waals surface area contributed by atoms with Gasteiger partial charge in [-0.3, -0.25) is 0 Å². The number of aliphatic hydroxyl groups excluding tert-OH is 2. The van der Waals surface area contributed by atoms with Crippen molar-refractivity contribution in [3.05, 3.63) is 23.3 Å². The van der Waals surface area contributed by atoms with Crippen molar-refractivity contribution in [3.8, 4) is 11.5 Å². The van der Waals surface area contributed by atoms with E-state index >= 15 is 0 Å². The van der Waals surface area contributed by atoms with Gasteiger partial charge in [0.1, 0.15) is 37.6 Å². The van der Waals surface area contributed by atoms with Crippen LogP contribution in [0.15, 0.2) is 12.1 Å². The van der Waals surface area contributed by atoms with Crippen molar-refractivity contribution in [2.45, 2.75) is 76.1 Å². The third kappa shape index (κ3) is 8.26. The van der Waals surface area contributed by atoms with Crippen LogP contribution in [0.5, 0.6) is 11.5 Å². The van der Waals surface area contributed by atoms with Crippen LogP contribution in [-0.2, 0) is 25.4 Å². The van der Waals surface area contributed by atoms with Gasteiger partial charge in [0.05, 0.1) is 19.3 Å². The maximum Gasteiger partial charge on any atom is 0.342 e. The normalized spacial score (nSPS) is 21.8. The largest absolute Gasteiger partial charge is 0.497 e. The summed E-state index contributed by atoms with van der Waals surface area (Å²) in [7, 11) is 4.81. The molecule has 1 aliphatic heterocycles. The molecule has 1 saturated heterocycles. The topological polar surface area (TPSA) is 113 Å². The Bertz CT molecular complexity index is 820. The zero-order valence-corrected chi connectivity index (χ0v) is 22.4. The number of ether oxygens (including phenoxy) is 6. The first-order valence-corrected chi connectivity index (χ1v) is 12.5. The minimum atomic E-state index is -0.889. The molecule has 198 valence electrons. The molecule has 0 aromatic heterocycles. The van der Waals surface area contributed by atoms with Gasteiger partial charge in [-0.2, -0.15) is 12.6 Å². The van der Waals surface area contributed by atoms with Crippen LogP contribution < -0.4 is 9.47 Å². The number of hydrogen-bond donors (Lipinski definition) is 3. The number of rotatable bonds is 14. The molecule has 35 heavy (non-hydrogen) atoms. The number of aliphatic hydroxyl groups is 2. The number of carbonyl (C=O) groups excluding carboxylic acids is 1. The van der Waals surface area contributed by atoms with Crippen molar-refractivity contribution in [2.24, 2.45) is 0 Å². The number of methoxy groups -OCH3 is 2.